The van der Waals surface area contributed by atoms with Crippen molar-refractivity contribution < 1.29 is 23.5 Å². The van der Waals surface area contributed by atoms with Crippen LogP contribution in [-0.4, -0.2) is 30.8 Å². The fraction of sp³-hybridized carbons (Fsp3) is 0.364. The van der Waals surface area contributed by atoms with Gasteiger partial charge in [-0.25, -0.2) is 4.79 Å². The third kappa shape index (κ3) is 3.44. The van der Waals surface area contributed by atoms with Gasteiger partial charge in [-0.05, 0) is 26.0 Å². The summed E-state index contributed by atoms with van der Waals surface area (Å²) in [6.45, 7) is 3.42. The Balaban J connectivity index is 2.59. The molecule has 0 aliphatic carbocycles. The normalized spacial score (nSPS) is 11.6. The lowest BCUT2D eigenvalue weighted by atomic mass is 10.3. The molecule has 0 aliphatic rings. The van der Waals surface area contributed by atoms with Crippen molar-refractivity contribution in [2.24, 2.45) is 0 Å². The quantitative estimate of drug-likeness (QED) is 0.606. The molecule has 0 aromatic carbocycles. The van der Waals surface area contributed by atoms with E-state index >= 15 is 0 Å². The van der Waals surface area contributed by atoms with Crippen molar-refractivity contribution in [3.63, 3.8) is 0 Å². The van der Waals surface area contributed by atoms with E-state index in [1.807, 2.05) is 0 Å². The lowest BCUT2D eigenvalue weighted by Gasteiger charge is -2.11. The smallest absolute Gasteiger partial charge is 0.328 e. The highest BCUT2D eigenvalue weighted by atomic mass is 16.5. The first-order chi connectivity index (χ1) is 8.08. The molecule has 1 atom stereocenters. The van der Waals surface area contributed by atoms with Crippen LogP contribution in [0.1, 0.15) is 35.0 Å². The number of aldehydes is 1. The molecule has 0 saturated carbocycles. The van der Waals surface area contributed by atoms with Gasteiger partial charge in [0.25, 0.3) is 5.91 Å². The van der Waals surface area contributed by atoms with Crippen molar-refractivity contribution in [1.29, 1.82) is 0 Å². The van der Waals surface area contributed by atoms with Crippen LogP contribution in [0.3, 0.4) is 0 Å². The molecule has 0 fully saturated rings. The summed E-state index contributed by atoms with van der Waals surface area (Å²) in [4.78, 5) is 33.2. The molecular weight excluding hydrogens is 226 g/mol. The molecule has 1 rings (SSSR count). The molecule has 1 heterocycles. The van der Waals surface area contributed by atoms with Gasteiger partial charge >= 0.3 is 5.97 Å². The summed E-state index contributed by atoms with van der Waals surface area (Å²) in [5.41, 5.74) is 0. The summed E-state index contributed by atoms with van der Waals surface area (Å²) in [7, 11) is 0. The largest absolute Gasteiger partial charge is 0.464 e. The molecule has 17 heavy (non-hydrogen) atoms. The number of carbonyl (C=O) groups is 3. The highest BCUT2D eigenvalue weighted by Crippen LogP contribution is 2.05. The number of carbonyl (C=O) groups excluding carboxylic acids is 3. The molecule has 0 saturated heterocycles. The topological polar surface area (TPSA) is 85.6 Å². The van der Waals surface area contributed by atoms with Crippen molar-refractivity contribution in [2.75, 3.05) is 6.61 Å². The Kier molecular flexibility index (Phi) is 4.45. The van der Waals surface area contributed by atoms with Crippen molar-refractivity contribution in [3.8, 4) is 0 Å². The Morgan fingerprint density at radius 3 is 2.76 bits per heavy atom. The van der Waals surface area contributed by atoms with E-state index < -0.39 is 17.9 Å². The molecule has 1 aromatic heterocycles. The van der Waals surface area contributed by atoms with Crippen LogP contribution >= 0.6 is 0 Å². The maximum atomic E-state index is 11.6. The second-order valence-corrected chi connectivity index (χ2v) is 3.27. The minimum Gasteiger partial charge on any atom is -0.464 e. The summed E-state index contributed by atoms with van der Waals surface area (Å²) >= 11 is 0. The van der Waals surface area contributed by atoms with Crippen LogP contribution in [0.4, 0.5) is 0 Å². The first-order valence-corrected chi connectivity index (χ1v) is 5.11. The predicted molar refractivity (Wildman–Crippen MR) is 57.7 cm³/mol. The average molecular weight is 239 g/mol. The van der Waals surface area contributed by atoms with Gasteiger partial charge in [0.2, 0.25) is 0 Å². The van der Waals surface area contributed by atoms with E-state index in [1.165, 1.54) is 19.1 Å². The summed E-state index contributed by atoms with van der Waals surface area (Å²) in [5, 5.41) is 2.40. The first kappa shape index (κ1) is 13.0. The molecular formula is C11H13NO5. The molecule has 6 nitrogen and oxygen atoms in total. The predicted octanol–water partition coefficient (Wildman–Crippen LogP) is 0.773. The lowest BCUT2D eigenvalue weighted by Crippen LogP contribution is -2.39. The van der Waals surface area contributed by atoms with Gasteiger partial charge in [-0.3, -0.25) is 9.59 Å². The number of nitrogens with one attached hydrogen (secondary N) is 1. The van der Waals surface area contributed by atoms with Gasteiger partial charge < -0.3 is 14.5 Å². The number of amides is 1. The Morgan fingerprint density at radius 1 is 1.53 bits per heavy atom. The zero-order chi connectivity index (χ0) is 12.8. The Morgan fingerprint density at radius 2 is 2.24 bits per heavy atom. The molecule has 0 aliphatic heterocycles. The van der Waals surface area contributed by atoms with Gasteiger partial charge in [-0.15, -0.1) is 0 Å². The number of esters is 1. The van der Waals surface area contributed by atoms with Gasteiger partial charge in [0.15, 0.2) is 17.8 Å². The van der Waals surface area contributed by atoms with Gasteiger partial charge in [-0.2, -0.15) is 0 Å². The Labute approximate surface area is 97.9 Å². The zero-order valence-electron chi connectivity index (χ0n) is 9.56. The highest BCUT2D eigenvalue weighted by molar-refractivity contribution is 5.95. The fourth-order valence-corrected chi connectivity index (χ4v) is 1.13. The average Bonchev–Trinajstić information content (AvgIpc) is 2.77. The van der Waals surface area contributed by atoms with Crippen LogP contribution in [0.25, 0.3) is 0 Å². The van der Waals surface area contributed by atoms with Gasteiger partial charge in [0, 0.05) is 0 Å². The van der Waals surface area contributed by atoms with Gasteiger partial charge in [0.1, 0.15) is 6.04 Å². The minimum absolute atomic E-state index is 0.0248. The van der Waals surface area contributed by atoms with E-state index in [0.29, 0.717) is 6.29 Å². The van der Waals surface area contributed by atoms with Crippen LogP contribution in [-0.2, 0) is 9.53 Å². The van der Waals surface area contributed by atoms with Gasteiger partial charge in [0.05, 0.1) is 6.61 Å². The van der Waals surface area contributed by atoms with Crippen molar-refractivity contribution >= 4 is 18.2 Å². The second-order valence-electron chi connectivity index (χ2n) is 3.27. The van der Waals surface area contributed by atoms with E-state index in [0.717, 1.165) is 0 Å². The molecule has 0 radical (unpaired) electrons. The molecule has 1 N–H and O–H groups in total. The fourth-order valence-electron chi connectivity index (χ4n) is 1.13. The van der Waals surface area contributed by atoms with E-state index in [1.54, 1.807) is 6.92 Å². The van der Waals surface area contributed by atoms with Crippen molar-refractivity contribution in [2.45, 2.75) is 19.9 Å². The molecule has 1 aromatic rings. The Hall–Kier alpha value is -2.11. The standard InChI is InChI=1S/C11H13NO5/c1-3-16-11(15)7(2)12-10(14)9-5-4-8(6-13)17-9/h4-7H,3H2,1-2H3,(H,12,14). The van der Waals surface area contributed by atoms with E-state index in [4.69, 9.17) is 9.15 Å². The van der Waals surface area contributed by atoms with E-state index in [-0.39, 0.29) is 18.1 Å². The summed E-state index contributed by atoms with van der Waals surface area (Å²) < 4.78 is 9.63. The second kappa shape index (κ2) is 5.83. The number of furan rings is 1. The number of hydrogen-bond donors (Lipinski definition) is 1. The first-order valence-electron chi connectivity index (χ1n) is 5.11. The molecule has 6 heteroatoms. The number of hydrogen-bond acceptors (Lipinski definition) is 5. The molecule has 1 unspecified atom stereocenters. The SMILES string of the molecule is CCOC(=O)C(C)NC(=O)c1ccc(C=O)o1. The van der Waals surface area contributed by atoms with Crippen molar-refractivity contribution in [1.82, 2.24) is 5.32 Å². The monoisotopic (exact) mass is 239 g/mol. The number of ether oxygens (including phenoxy) is 1. The molecule has 0 spiro atoms. The third-order valence-corrected chi connectivity index (χ3v) is 1.95. The van der Waals surface area contributed by atoms with E-state index in [2.05, 4.69) is 5.32 Å². The van der Waals surface area contributed by atoms with Crippen LogP contribution in [0.5, 0.6) is 0 Å². The van der Waals surface area contributed by atoms with Crippen LogP contribution in [0.2, 0.25) is 0 Å². The van der Waals surface area contributed by atoms with Crippen LogP contribution in [0, 0.1) is 0 Å². The Bertz CT molecular complexity index is 423. The summed E-state index contributed by atoms with van der Waals surface area (Å²) in [5.74, 6) is -1.07. The molecule has 92 valence electrons. The van der Waals surface area contributed by atoms with E-state index in [9.17, 15) is 14.4 Å². The molecule has 1 amide bonds. The van der Waals surface area contributed by atoms with Crippen LogP contribution in [0.15, 0.2) is 16.5 Å². The minimum atomic E-state index is -0.771. The van der Waals surface area contributed by atoms with Crippen molar-refractivity contribution in [3.05, 3.63) is 23.7 Å². The summed E-state index contributed by atoms with van der Waals surface area (Å²) in [6, 6.07) is 1.96. The molecule has 0 bridgehead atoms. The zero-order valence-corrected chi connectivity index (χ0v) is 9.56. The lowest BCUT2D eigenvalue weighted by molar-refractivity contribution is -0.144. The van der Waals surface area contributed by atoms with Crippen LogP contribution < -0.4 is 5.32 Å². The highest BCUT2D eigenvalue weighted by Gasteiger charge is 2.19. The summed E-state index contributed by atoms with van der Waals surface area (Å²) in [6.07, 6.45) is 0.492. The maximum Gasteiger partial charge on any atom is 0.328 e. The number of rotatable bonds is 5. The van der Waals surface area contributed by atoms with Gasteiger partial charge in [-0.1, -0.05) is 0 Å². The maximum absolute atomic E-state index is 11.6. The third-order valence-electron chi connectivity index (χ3n) is 1.95.